The first-order chi connectivity index (χ1) is 29.3. The number of aromatic amines is 1. The Bertz CT molecular complexity index is 2230. The lowest BCUT2D eigenvalue weighted by Gasteiger charge is -2.29. The number of aliphatic imine (C=N–C) groups is 1. The number of likely N-dealkylation sites (tertiary alicyclic amines) is 2. The van der Waals surface area contributed by atoms with Gasteiger partial charge in [-0.1, -0.05) is 39.5 Å². The Balaban J connectivity index is 0.000000220. The number of carbonyl (C=O) groups is 5. The summed E-state index contributed by atoms with van der Waals surface area (Å²) in [4.78, 5) is 74.6. The second kappa shape index (κ2) is 21.3. The molecule has 16 nitrogen and oxygen atoms in total. The van der Waals surface area contributed by atoms with Crippen molar-refractivity contribution in [2.24, 2.45) is 16.8 Å². The van der Waals surface area contributed by atoms with E-state index in [0.29, 0.717) is 6.54 Å². The van der Waals surface area contributed by atoms with Crippen molar-refractivity contribution >= 4 is 52.6 Å². The summed E-state index contributed by atoms with van der Waals surface area (Å²) in [5, 5.41) is 13.5. The minimum atomic E-state index is -1.06. The highest BCUT2D eigenvalue weighted by molar-refractivity contribution is 5.99. The van der Waals surface area contributed by atoms with Crippen molar-refractivity contribution in [3.05, 3.63) is 58.9 Å². The average Bonchev–Trinajstić information content (AvgIpc) is 4.06. The number of aromatic nitrogens is 2. The normalized spacial score (nSPS) is 17.5. The van der Waals surface area contributed by atoms with E-state index in [4.69, 9.17) is 27.7 Å². The highest BCUT2D eigenvalue weighted by Gasteiger charge is 2.38. The van der Waals surface area contributed by atoms with Crippen LogP contribution in [0.25, 0.3) is 11.0 Å². The van der Waals surface area contributed by atoms with Crippen LogP contribution in [0.2, 0.25) is 0 Å². The molecule has 0 bridgehead atoms. The summed E-state index contributed by atoms with van der Waals surface area (Å²) in [7, 11) is 2.48. The Kier molecular flexibility index (Phi) is 16.5. The third-order valence-corrected chi connectivity index (χ3v) is 10.4. The van der Waals surface area contributed by atoms with Crippen LogP contribution in [0, 0.1) is 36.5 Å². The zero-order valence-corrected chi connectivity index (χ0v) is 37.0. The molecule has 0 radical (unpaired) electrons. The molecule has 16 heteroatoms. The number of amides is 4. The first-order valence-corrected chi connectivity index (χ1v) is 20.7. The van der Waals surface area contributed by atoms with Gasteiger partial charge in [-0.2, -0.15) is 0 Å². The molecule has 6 rings (SSSR count). The Labute approximate surface area is 363 Å². The molecule has 332 valence electrons. The van der Waals surface area contributed by atoms with Gasteiger partial charge in [-0.3, -0.25) is 14.7 Å². The summed E-state index contributed by atoms with van der Waals surface area (Å²) < 4.78 is 14.5. The maximum Gasteiger partial charge on any atom is 0.410 e. The van der Waals surface area contributed by atoms with Crippen molar-refractivity contribution in [1.82, 2.24) is 30.4 Å². The van der Waals surface area contributed by atoms with Gasteiger partial charge in [0.15, 0.2) is 0 Å². The topological polar surface area (TPSA) is 205 Å². The van der Waals surface area contributed by atoms with Crippen LogP contribution in [0.4, 0.5) is 20.1 Å². The number of ether oxygens (including phenoxy) is 3. The lowest BCUT2D eigenvalue weighted by Crippen LogP contribution is -2.51. The molecular weight excluding hydrogens is 795 g/mol. The van der Waals surface area contributed by atoms with Gasteiger partial charge in [0.1, 0.15) is 23.5 Å². The molecule has 3 aromatic rings. The third-order valence-electron chi connectivity index (χ3n) is 10.4. The van der Waals surface area contributed by atoms with Crippen LogP contribution < -0.4 is 10.6 Å². The van der Waals surface area contributed by atoms with Crippen molar-refractivity contribution in [2.45, 2.75) is 110 Å². The number of H-pyrrole nitrogens is 1. The second-order valence-corrected chi connectivity index (χ2v) is 16.8. The van der Waals surface area contributed by atoms with E-state index in [9.17, 15) is 24.0 Å². The Hall–Kier alpha value is -6.55. The fourth-order valence-electron chi connectivity index (χ4n) is 7.33. The van der Waals surface area contributed by atoms with Gasteiger partial charge in [0.2, 0.25) is 5.91 Å². The maximum atomic E-state index is 13.1. The molecule has 2 fully saturated rings. The molecule has 1 aromatic heterocycles. The zero-order chi connectivity index (χ0) is 45.9. The fourth-order valence-corrected chi connectivity index (χ4v) is 7.33. The SMILES string of the molecule is C#Cc1ccc2c(c1)CC([C@@H]1CCCN1C(=O)OC(C)(C)C)=N2.C#Cc1ccc2nc([C@@H]3CCCN3C(=O)[C@@H](NC(=O)OC)C(C)C)[nH]c2c1.COC(=O)N[C@H](C(=O)O)C(C)C. The van der Waals surface area contributed by atoms with Crippen LogP contribution in [0.3, 0.4) is 0 Å². The third kappa shape index (κ3) is 12.5. The lowest BCUT2D eigenvalue weighted by molar-refractivity contribution is -0.140. The van der Waals surface area contributed by atoms with E-state index in [1.807, 2.05) is 75.9 Å². The lowest BCUT2D eigenvalue weighted by atomic mass is 10.0. The van der Waals surface area contributed by atoms with E-state index in [1.165, 1.54) is 14.2 Å². The van der Waals surface area contributed by atoms with Gasteiger partial charge < -0.3 is 39.8 Å². The van der Waals surface area contributed by atoms with Crippen LogP contribution in [0.1, 0.15) is 103 Å². The first kappa shape index (κ1) is 48.1. The molecule has 4 heterocycles. The summed E-state index contributed by atoms with van der Waals surface area (Å²) in [6.07, 6.45) is 13.7. The Morgan fingerprint density at radius 3 is 1.97 bits per heavy atom. The zero-order valence-electron chi connectivity index (χ0n) is 37.0. The van der Waals surface area contributed by atoms with Gasteiger partial charge in [0, 0.05) is 36.3 Å². The van der Waals surface area contributed by atoms with E-state index >= 15 is 0 Å². The van der Waals surface area contributed by atoms with E-state index in [2.05, 4.69) is 41.9 Å². The number of methoxy groups -OCH3 is 2. The highest BCUT2D eigenvalue weighted by Crippen LogP contribution is 2.34. The molecule has 4 amide bonds. The van der Waals surface area contributed by atoms with E-state index < -0.39 is 35.8 Å². The minimum absolute atomic E-state index is 0.0338. The molecule has 2 saturated heterocycles. The highest BCUT2D eigenvalue weighted by atomic mass is 16.6. The van der Waals surface area contributed by atoms with Gasteiger partial charge in [0.05, 0.1) is 43.0 Å². The van der Waals surface area contributed by atoms with Crippen molar-refractivity contribution in [2.75, 3.05) is 27.3 Å². The van der Waals surface area contributed by atoms with Crippen molar-refractivity contribution < 1.29 is 43.3 Å². The van der Waals surface area contributed by atoms with E-state index in [1.54, 1.807) is 18.7 Å². The molecule has 0 unspecified atom stereocenters. The number of terminal acetylenes is 2. The van der Waals surface area contributed by atoms with Crippen molar-refractivity contribution in [3.63, 3.8) is 0 Å². The predicted molar refractivity (Wildman–Crippen MR) is 235 cm³/mol. The number of carbonyl (C=O) groups excluding carboxylic acids is 4. The number of nitrogens with zero attached hydrogens (tertiary/aromatic N) is 4. The van der Waals surface area contributed by atoms with E-state index in [0.717, 1.165) is 83.6 Å². The molecule has 0 saturated carbocycles. The summed E-state index contributed by atoms with van der Waals surface area (Å²) in [5.74, 6) is 4.60. The number of imidazole rings is 1. The summed E-state index contributed by atoms with van der Waals surface area (Å²) in [5.41, 5.74) is 5.99. The summed E-state index contributed by atoms with van der Waals surface area (Å²) >= 11 is 0. The van der Waals surface area contributed by atoms with Crippen molar-refractivity contribution in [3.8, 4) is 24.7 Å². The number of alkyl carbamates (subject to hydrolysis) is 2. The number of hydrogen-bond donors (Lipinski definition) is 4. The monoisotopic (exact) mass is 853 g/mol. The second-order valence-electron chi connectivity index (χ2n) is 16.8. The van der Waals surface area contributed by atoms with Crippen LogP contribution in [-0.4, -0.2) is 112 Å². The molecule has 4 N–H and O–H groups in total. The maximum absolute atomic E-state index is 13.1. The predicted octanol–water partition coefficient (Wildman–Crippen LogP) is 6.74. The van der Waals surface area contributed by atoms with Crippen LogP contribution in [0.15, 0.2) is 41.4 Å². The summed E-state index contributed by atoms with van der Waals surface area (Å²) in [6, 6.07) is 9.83. The Morgan fingerprint density at radius 2 is 1.40 bits per heavy atom. The number of fused-ring (bicyclic) bond motifs is 2. The average molecular weight is 854 g/mol. The molecular formula is C46H59N7O9. The molecule has 3 aliphatic heterocycles. The fraction of sp³-hybridized carbons (Fsp3) is 0.500. The van der Waals surface area contributed by atoms with Gasteiger partial charge in [-0.05, 0) is 100 Å². The number of hydrogen-bond acceptors (Lipinski definition) is 10. The number of nitrogens with one attached hydrogen (secondary N) is 3. The summed E-state index contributed by atoms with van der Waals surface area (Å²) in [6.45, 7) is 14.2. The Morgan fingerprint density at radius 1 is 0.839 bits per heavy atom. The molecule has 62 heavy (non-hydrogen) atoms. The van der Waals surface area contributed by atoms with Gasteiger partial charge in [-0.15, -0.1) is 12.8 Å². The number of aliphatic carboxylic acids is 1. The van der Waals surface area contributed by atoms with Gasteiger partial charge in [-0.25, -0.2) is 24.2 Å². The smallest absolute Gasteiger partial charge is 0.410 e. The quantitative estimate of drug-likeness (QED) is 0.139. The number of carboxylic acids is 1. The molecule has 3 aliphatic rings. The molecule has 2 aromatic carbocycles. The minimum Gasteiger partial charge on any atom is -0.480 e. The van der Waals surface area contributed by atoms with Crippen molar-refractivity contribution in [1.29, 1.82) is 0 Å². The van der Waals surface area contributed by atoms with Gasteiger partial charge >= 0.3 is 24.2 Å². The van der Waals surface area contributed by atoms with E-state index in [-0.39, 0.29) is 35.9 Å². The molecule has 0 aliphatic carbocycles. The first-order valence-electron chi connectivity index (χ1n) is 20.7. The number of benzene rings is 2. The standard InChI is InChI=1S/C20H24N4O3.C19H22N2O2.C7H13NO4/c1-5-13-8-9-14-15(11-13)22-18(21-14)16-7-6-10-24(16)19(25)17(12(2)3)23-20(26)27-4;1-5-13-8-9-15-14(11-13)12-16(20-15)17-7-6-10-21(17)18(22)23-19(2,3)4;1-4(2)5(6(9)10)8-7(11)12-3/h1,8-9,11-12,16-17H,6-7,10H2,2-4H3,(H,21,22)(H,23,26);1,8-9,11,17H,6-7,10,12H2,2-4H3;4-5H,1-3H3,(H,8,11)(H,9,10)/t16-,17-;17-;5-/m000/s1. The van der Waals surface area contributed by atoms with Crippen LogP contribution in [0.5, 0.6) is 0 Å². The van der Waals surface area contributed by atoms with Gasteiger partial charge in [0.25, 0.3) is 0 Å². The largest absolute Gasteiger partial charge is 0.480 e. The number of rotatable bonds is 8. The van der Waals surface area contributed by atoms with Crippen LogP contribution >= 0.6 is 0 Å². The molecule has 4 atom stereocenters. The molecule has 0 spiro atoms. The number of carboxylic acid groups (broad SMARTS) is 1. The van der Waals surface area contributed by atoms with Crippen LogP contribution in [-0.2, 0) is 30.2 Å².